The molecule has 0 aliphatic heterocycles. The molecule has 0 aliphatic rings. The Labute approximate surface area is 130 Å². The highest BCUT2D eigenvalue weighted by atomic mass is 16.6. The summed E-state index contributed by atoms with van der Waals surface area (Å²) < 4.78 is 15.4. The van der Waals surface area contributed by atoms with Crippen LogP contribution in [0.25, 0.3) is 0 Å². The van der Waals surface area contributed by atoms with E-state index in [1.165, 1.54) is 0 Å². The molecule has 0 fully saturated rings. The van der Waals surface area contributed by atoms with Crippen molar-refractivity contribution in [3.63, 3.8) is 0 Å². The molecule has 1 rings (SSSR count). The summed E-state index contributed by atoms with van der Waals surface area (Å²) in [5.41, 5.74) is -0.0467. The van der Waals surface area contributed by atoms with Crippen molar-refractivity contribution in [1.29, 1.82) is 0 Å². The normalized spacial score (nSPS) is 10.7. The molecule has 0 atom stereocenters. The van der Waals surface area contributed by atoms with Gasteiger partial charge in [0.25, 0.3) is 0 Å². The molecule has 0 saturated carbocycles. The van der Waals surface area contributed by atoms with Crippen molar-refractivity contribution in [2.24, 2.45) is 0 Å². The number of alkyl carbamates (subject to hydrolysis) is 1. The predicted octanol–water partition coefficient (Wildman–Crippen LogP) is 2.77. The van der Waals surface area contributed by atoms with Crippen LogP contribution in [0.2, 0.25) is 0 Å². The molecule has 0 radical (unpaired) electrons. The SMILES string of the molecule is CCOC(=O)c1ccc(OCCNC(=O)OC(C)(C)C)cc1. The number of nitrogens with one attached hydrogen (secondary N) is 1. The van der Waals surface area contributed by atoms with Gasteiger partial charge in [0.1, 0.15) is 18.0 Å². The van der Waals surface area contributed by atoms with Gasteiger partial charge in [-0.25, -0.2) is 9.59 Å². The van der Waals surface area contributed by atoms with Gasteiger partial charge in [-0.2, -0.15) is 0 Å². The Bertz CT molecular complexity index is 490. The molecule has 1 N–H and O–H groups in total. The summed E-state index contributed by atoms with van der Waals surface area (Å²) in [6.07, 6.45) is -0.478. The van der Waals surface area contributed by atoms with Gasteiger partial charge in [-0.05, 0) is 52.0 Å². The van der Waals surface area contributed by atoms with Gasteiger partial charge >= 0.3 is 12.1 Å². The lowest BCUT2D eigenvalue weighted by molar-refractivity contribution is 0.0511. The molecule has 1 aromatic carbocycles. The Morgan fingerprint density at radius 3 is 2.32 bits per heavy atom. The predicted molar refractivity (Wildman–Crippen MR) is 82.1 cm³/mol. The molecule has 0 spiro atoms. The average Bonchev–Trinajstić information content (AvgIpc) is 2.42. The zero-order valence-electron chi connectivity index (χ0n) is 13.5. The summed E-state index contributed by atoms with van der Waals surface area (Å²) in [7, 11) is 0. The molecule has 1 aromatic rings. The number of carbonyl (C=O) groups excluding carboxylic acids is 2. The Balaban J connectivity index is 2.31. The minimum Gasteiger partial charge on any atom is -0.492 e. The van der Waals surface area contributed by atoms with Gasteiger partial charge in [-0.1, -0.05) is 0 Å². The van der Waals surface area contributed by atoms with Crippen LogP contribution in [0.15, 0.2) is 24.3 Å². The molecule has 0 aromatic heterocycles. The molecule has 0 heterocycles. The number of rotatable bonds is 6. The van der Waals surface area contributed by atoms with Crippen LogP contribution in [0, 0.1) is 0 Å². The smallest absolute Gasteiger partial charge is 0.407 e. The lowest BCUT2D eigenvalue weighted by Crippen LogP contribution is -2.34. The second-order valence-electron chi connectivity index (χ2n) is 5.52. The lowest BCUT2D eigenvalue weighted by atomic mass is 10.2. The van der Waals surface area contributed by atoms with Crippen molar-refractivity contribution >= 4 is 12.1 Å². The first kappa shape index (κ1) is 17.8. The van der Waals surface area contributed by atoms with Crippen molar-refractivity contribution in [1.82, 2.24) is 5.32 Å². The number of ether oxygens (including phenoxy) is 3. The minimum atomic E-state index is -0.520. The summed E-state index contributed by atoms with van der Waals surface area (Å²) in [6, 6.07) is 6.63. The molecule has 6 heteroatoms. The van der Waals surface area contributed by atoms with E-state index in [1.54, 1.807) is 52.0 Å². The average molecular weight is 309 g/mol. The standard InChI is InChI=1S/C16H23NO5/c1-5-20-14(18)12-6-8-13(9-7-12)21-11-10-17-15(19)22-16(2,3)4/h6-9H,5,10-11H2,1-4H3,(H,17,19). The Kier molecular flexibility index (Phi) is 6.69. The summed E-state index contributed by atoms with van der Waals surface area (Å²) in [4.78, 5) is 22.9. The highest BCUT2D eigenvalue weighted by Crippen LogP contribution is 2.12. The monoisotopic (exact) mass is 309 g/mol. The van der Waals surface area contributed by atoms with E-state index in [9.17, 15) is 9.59 Å². The van der Waals surface area contributed by atoms with Gasteiger partial charge in [0, 0.05) is 0 Å². The van der Waals surface area contributed by atoms with Crippen LogP contribution < -0.4 is 10.1 Å². The molecular weight excluding hydrogens is 286 g/mol. The van der Waals surface area contributed by atoms with Gasteiger partial charge < -0.3 is 19.5 Å². The molecule has 0 saturated heterocycles. The summed E-state index contributed by atoms with van der Waals surface area (Å²) in [5.74, 6) is 0.250. The van der Waals surface area contributed by atoms with Crippen LogP contribution in [0.1, 0.15) is 38.1 Å². The maximum atomic E-state index is 11.5. The Morgan fingerprint density at radius 1 is 1.14 bits per heavy atom. The number of carbonyl (C=O) groups is 2. The van der Waals surface area contributed by atoms with Crippen molar-refractivity contribution in [2.45, 2.75) is 33.3 Å². The zero-order valence-corrected chi connectivity index (χ0v) is 13.5. The molecular formula is C16H23NO5. The van der Waals surface area contributed by atoms with Crippen LogP contribution in [-0.2, 0) is 9.47 Å². The molecule has 0 unspecified atom stereocenters. The maximum absolute atomic E-state index is 11.5. The van der Waals surface area contributed by atoms with Crippen molar-refractivity contribution < 1.29 is 23.8 Å². The van der Waals surface area contributed by atoms with E-state index < -0.39 is 11.7 Å². The van der Waals surface area contributed by atoms with Gasteiger partial charge in [-0.3, -0.25) is 0 Å². The topological polar surface area (TPSA) is 73.9 Å². The molecule has 122 valence electrons. The van der Waals surface area contributed by atoms with Crippen LogP contribution in [0.4, 0.5) is 4.79 Å². The van der Waals surface area contributed by atoms with Crippen LogP contribution in [0.3, 0.4) is 0 Å². The number of benzene rings is 1. The van der Waals surface area contributed by atoms with E-state index in [0.717, 1.165) is 0 Å². The molecule has 22 heavy (non-hydrogen) atoms. The van der Waals surface area contributed by atoms with E-state index in [2.05, 4.69) is 5.32 Å². The van der Waals surface area contributed by atoms with Crippen molar-refractivity contribution in [2.75, 3.05) is 19.8 Å². The maximum Gasteiger partial charge on any atom is 0.407 e. The van der Waals surface area contributed by atoms with E-state index in [-0.39, 0.29) is 5.97 Å². The largest absolute Gasteiger partial charge is 0.492 e. The highest BCUT2D eigenvalue weighted by molar-refractivity contribution is 5.89. The summed E-state index contributed by atoms with van der Waals surface area (Å²) in [6.45, 7) is 8.13. The van der Waals surface area contributed by atoms with Crippen LogP contribution in [0.5, 0.6) is 5.75 Å². The zero-order chi connectivity index (χ0) is 16.6. The van der Waals surface area contributed by atoms with Gasteiger partial charge in [-0.15, -0.1) is 0 Å². The highest BCUT2D eigenvalue weighted by Gasteiger charge is 2.15. The number of amides is 1. The third kappa shape index (κ3) is 6.97. The van der Waals surface area contributed by atoms with E-state index in [4.69, 9.17) is 14.2 Å². The molecule has 0 bridgehead atoms. The van der Waals surface area contributed by atoms with Crippen molar-refractivity contribution in [3.05, 3.63) is 29.8 Å². The van der Waals surface area contributed by atoms with Crippen molar-refractivity contribution in [3.8, 4) is 5.75 Å². The number of hydrogen-bond donors (Lipinski definition) is 1. The van der Waals surface area contributed by atoms with Gasteiger partial charge in [0.15, 0.2) is 0 Å². The Hall–Kier alpha value is -2.24. The van der Waals surface area contributed by atoms with Crippen LogP contribution in [-0.4, -0.2) is 37.4 Å². The second kappa shape index (κ2) is 8.26. The van der Waals surface area contributed by atoms with Gasteiger partial charge in [0.2, 0.25) is 0 Å². The molecule has 0 aliphatic carbocycles. The fourth-order valence-electron chi connectivity index (χ4n) is 1.54. The lowest BCUT2D eigenvalue weighted by Gasteiger charge is -2.19. The third-order valence-corrected chi connectivity index (χ3v) is 2.40. The quantitative estimate of drug-likeness (QED) is 0.646. The second-order valence-corrected chi connectivity index (χ2v) is 5.52. The first-order chi connectivity index (χ1) is 10.3. The van der Waals surface area contributed by atoms with E-state index in [1.807, 2.05) is 0 Å². The molecule has 6 nitrogen and oxygen atoms in total. The van der Waals surface area contributed by atoms with Gasteiger partial charge in [0.05, 0.1) is 18.7 Å². The summed E-state index contributed by atoms with van der Waals surface area (Å²) in [5, 5.41) is 2.60. The molecule has 1 amide bonds. The van der Waals surface area contributed by atoms with E-state index >= 15 is 0 Å². The minimum absolute atomic E-state index is 0.304. The first-order valence-electron chi connectivity index (χ1n) is 7.18. The summed E-state index contributed by atoms with van der Waals surface area (Å²) >= 11 is 0. The van der Waals surface area contributed by atoms with Crippen LogP contribution >= 0.6 is 0 Å². The Morgan fingerprint density at radius 2 is 1.77 bits per heavy atom. The third-order valence-electron chi connectivity index (χ3n) is 2.40. The number of hydrogen-bond acceptors (Lipinski definition) is 5. The number of esters is 1. The van der Waals surface area contributed by atoms with E-state index in [0.29, 0.717) is 31.1 Å². The first-order valence-corrected chi connectivity index (χ1v) is 7.18. The fourth-order valence-corrected chi connectivity index (χ4v) is 1.54. The fraction of sp³-hybridized carbons (Fsp3) is 0.500.